The van der Waals surface area contributed by atoms with Crippen LogP contribution in [0.15, 0.2) is 12.7 Å². The van der Waals surface area contributed by atoms with Gasteiger partial charge in [-0.15, -0.1) is 0 Å². The minimum absolute atomic E-state index is 0.0201. The lowest BCUT2D eigenvalue weighted by molar-refractivity contribution is -0.161. The highest BCUT2D eigenvalue weighted by Gasteiger charge is 2.44. The van der Waals surface area contributed by atoms with Gasteiger partial charge >= 0.3 is 17.9 Å². The molecule has 0 aromatic rings. The summed E-state index contributed by atoms with van der Waals surface area (Å²) in [5.41, 5.74) is 0. The first kappa shape index (κ1) is 14.6. The van der Waals surface area contributed by atoms with Crippen molar-refractivity contribution in [3.63, 3.8) is 0 Å². The molecule has 3 unspecified atom stereocenters. The molecule has 20 heavy (non-hydrogen) atoms. The van der Waals surface area contributed by atoms with Crippen LogP contribution in [0.3, 0.4) is 0 Å². The number of esters is 3. The SMILES string of the molecule is C=CC(=O)OCCCC(=O)OC1CCC2CC1OC2=O. The van der Waals surface area contributed by atoms with Crippen LogP contribution >= 0.6 is 0 Å². The van der Waals surface area contributed by atoms with E-state index in [-0.39, 0.29) is 43.1 Å². The zero-order valence-electron chi connectivity index (χ0n) is 11.2. The van der Waals surface area contributed by atoms with E-state index in [4.69, 9.17) is 14.2 Å². The third-order valence-electron chi connectivity index (χ3n) is 3.55. The van der Waals surface area contributed by atoms with Gasteiger partial charge in [0, 0.05) is 18.9 Å². The molecule has 2 bridgehead atoms. The van der Waals surface area contributed by atoms with Gasteiger partial charge in [-0.05, 0) is 19.3 Å². The molecule has 2 fully saturated rings. The van der Waals surface area contributed by atoms with Gasteiger partial charge in [-0.3, -0.25) is 9.59 Å². The molecule has 0 N–H and O–H groups in total. The topological polar surface area (TPSA) is 78.9 Å². The summed E-state index contributed by atoms with van der Waals surface area (Å²) in [5.74, 6) is -1.06. The molecule has 110 valence electrons. The van der Waals surface area contributed by atoms with Crippen molar-refractivity contribution in [1.82, 2.24) is 0 Å². The van der Waals surface area contributed by atoms with Gasteiger partial charge in [0.25, 0.3) is 0 Å². The van der Waals surface area contributed by atoms with Crippen LogP contribution in [-0.4, -0.2) is 36.7 Å². The van der Waals surface area contributed by atoms with Crippen LogP contribution in [0.1, 0.15) is 32.1 Å². The molecule has 6 nitrogen and oxygen atoms in total. The molecule has 2 aliphatic rings. The number of carbonyl (C=O) groups excluding carboxylic acids is 3. The van der Waals surface area contributed by atoms with Crippen LogP contribution in [0.5, 0.6) is 0 Å². The Hall–Kier alpha value is -1.85. The van der Waals surface area contributed by atoms with E-state index in [1.54, 1.807) is 0 Å². The van der Waals surface area contributed by atoms with Crippen LogP contribution in [-0.2, 0) is 28.6 Å². The summed E-state index contributed by atoms with van der Waals surface area (Å²) in [4.78, 5) is 33.8. The van der Waals surface area contributed by atoms with E-state index in [9.17, 15) is 14.4 Å². The molecule has 1 aliphatic carbocycles. The van der Waals surface area contributed by atoms with Crippen molar-refractivity contribution < 1.29 is 28.6 Å². The highest BCUT2D eigenvalue weighted by Crippen LogP contribution is 2.35. The average Bonchev–Trinajstić information content (AvgIpc) is 2.74. The molecule has 1 saturated carbocycles. The summed E-state index contributed by atoms with van der Waals surface area (Å²) < 4.78 is 15.3. The van der Waals surface area contributed by atoms with Crippen molar-refractivity contribution >= 4 is 17.9 Å². The lowest BCUT2D eigenvalue weighted by atomic mass is 9.88. The van der Waals surface area contributed by atoms with Crippen molar-refractivity contribution in [2.24, 2.45) is 5.92 Å². The maximum absolute atomic E-state index is 11.7. The Kier molecular flexibility index (Phi) is 4.76. The van der Waals surface area contributed by atoms with Gasteiger partial charge in [-0.2, -0.15) is 0 Å². The molecule has 1 saturated heterocycles. The second-order valence-corrected chi connectivity index (χ2v) is 4.99. The van der Waals surface area contributed by atoms with Crippen LogP contribution in [0, 0.1) is 5.92 Å². The normalized spacial score (nSPS) is 27.6. The fraction of sp³-hybridized carbons (Fsp3) is 0.643. The number of rotatable bonds is 6. The second kappa shape index (κ2) is 6.54. The molecule has 0 aromatic heterocycles. The standard InChI is InChI=1S/C14H18O6/c1-2-12(15)18-7-3-4-13(16)19-10-6-5-9-8-11(10)20-14(9)17/h2,9-11H,1,3-8H2. The first-order chi connectivity index (χ1) is 9.60. The maximum atomic E-state index is 11.7. The molecule has 1 heterocycles. The fourth-order valence-corrected chi connectivity index (χ4v) is 2.50. The molecule has 0 aromatic carbocycles. The van der Waals surface area contributed by atoms with Crippen molar-refractivity contribution in [1.29, 1.82) is 0 Å². The summed E-state index contributed by atoms with van der Waals surface area (Å²) >= 11 is 0. The zero-order chi connectivity index (χ0) is 14.5. The number of fused-ring (bicyclic) bond motifs is 2. The van der Waals surface area contributed by atoms with Gasteiger partial charge in [0.05, 0.1) is 12.5 Å². The second-order valence-electron chi connectivity index (χ2n) is 4.99. The van der Waals surface area contributed by atoms with Crippen LogP contribution in [0.2, 0.25) is 0 Å². The summed E-state index contributed by atoms with van der Waals surface area (Å²) in [6.45, 7) is 3.43. The summed E-state index contributed by atoms with van der Waals surface area (Å²) in [7, 11) is 0. The first-order valence-corrected chi connectivity index (χ1v) is 6.79. The number of hydrogen-bond donors (Lipinski definition) is 0. The summed E-state index contributed by atoms with van der Waals surface area (Å²) in [5, 5.41) is 0. The van der Waals surface area contributed by atoms with Gasteiger partial charge in [-0.1, -0.05) is 6.58 Å². The summed E-state index contributed by atoms with van der Waals surface area (Å²) in [6, 6.07) is 0. The minimum Gasteiger partial charge on any atom is -0.463 e. The number of hydrogen-bond acceptors (Lipinski definition) is 6. The maximum Gasteiger partial charge on any atom is 0.330 e. The number of ether oxygens (including phenoxy) is 3. The minimum atomic E-state index is -0.505. The molecular weight excluding hydrogens is 264 g/mol. The Bertz CT molecular complexity index is 416. The van der Waals surface area contributed by atoms with Crippen LogP contribution in [0.25, 0.3) is 0 Å². The third-order valence-corrected chi connectivity index (χ3v) is 3.55. The molecule has 0 radical (unpaired) electrons. The predicted molar refractivity (Wildman–Crippen MR) is 67.5 cm³/mol. The van der Waals surface area contributed by atoms with Gasteiger partial charge < -0.3 is 14.2 Å². The van der Waals surface area contributed by atoms with Gasteiger partial charge in [0.15, 0.2) is 0 Å². The van der Waals surface area contributed by atoms with E-state index < -0.39 is 5.97 Å². The number of carbonyl (C=O) groups is 3. The zero-order valence-corrected chi connectivity index (χ0v) is 11.2. The predicted octanol–water partition coefficient (Wildman–Crippen LogP) is 1.13. The Morgan fingerprint density at radius 1 is 1.40 bits per heavy atom. The average molecular weight is 282 g/mol. The molecule has 3 atom stereocenters. The van der Waals surface area contributed by atoms with Crippen molar-refractivity contribution in [2.45, 2.75) is 44.3 Å². The third kappa shape index (κ3) is 3.59. The van der Waals surface area contributed by atoms with Crippen LogP contribution < -0.4 is 0 Å². The Morgan fingerprint density at radius 2 is 2.20 bits per heavy atom. The van der Waals surface area contributed by atoms with E-state index in [1.807, 2.05) is 0 Å². The van der Waals surface area contributed by atoms with E-state index in [2.05, 4.69) is 6.58 Å². The van der Waals surface area contributed by atoms with Crippen molar-refractivity contribution in [3.05, 3.63) is 12.7 Å². The van der Waals surface area contributed by atoms with Gasteiger partial charge in [-0.25, -0.2) is 4.79 Å². The molecular formula is C14H18O6. The smallest absolute Gasteiger partial charge is 0.330 e. The molecule has 2 rings (SSSR count). The lowest BCUT2D eigenvalue weighted by Gasteiger charge is -2.25. The summed E-state index contributed by atoms with van der Waals surface area (Å²) in [6.07, 6.45) is 3.05. The highest BCUT2D eigenvalue weighted by atomic mass is 16.6. The largest absolute Gasteiger partial charge is 0.463 e. The monoisotopic (exact) mass is 282 g/mol. The van der Waals surface area contributed by atoms with E-state index in [0.717, 1.165) is 6.08 Å². The molecule has 1 aliphatic heterocycles. The molecule has 0 amide bonds. The Labute approximate surface area is 117 Å². The van der Waals surface area contributed by atoms with Gasteiger partial charge in [0.1, 0.15) is 12.2 Å². The highest BCUT2D eigenvalue weighted by molar-refractivity contribution is 5.81. The van der Waals surface area contributed by atoms with E-state index >= 15 is 0 Å². The van der Waals surface area contributed by atoms with Crippen LogP contribution in [0.4, 0.5) is 0 Å². The molecule has 6 heteroatoms. The fourth-order valence-electron chi connectivity index (χ4n) is 2.50. The Balaban J connectivity index is 1.66. The van der Waals surface area contributed by atoms with Crippen molar-refractivity contribution in [3.8, 4) is 0 Å². The first-order valence-electron chi connectivity index (χ1n) is 6.79. The van der Waals surface area contributed by atoms with Gasteiger partial charge in [0.2, 0.25) is 0 Å². The van der Waals surface area contributed by atoms with E-state index in [1.165, 1.54) is 0 Å². The quantitative estimate of drug-likeness (QED) is 0.314. The van der Waals surface area contributed by atoms with E-state index in [0.29, 0.717) is 25.7 Å². The van der Waals surface area contributed by atoms with Crippen molar-refractivity contribution in [2.75, 3.05) is 6.61 Å². The Morgan fingerprint density at radius 3 is 2.95 bits per heavy atom. The molecule has 0 spiro atoms. The lowest BCUT2D eigenvalue weighted by Crippen LogP contribution is -2.33.